The average molecular weight is 1030 g/mol. The third-order valence-electron chi connectivity index (χ3n) is 12.4. The second-order valence-electron chi connectivity index (χ2n) is 19.9. The number of nitrogens with two attached hydrogens (primary N) is 1. The number of hydrogen-bond acceptors (Lipinski definition) is 13. The molecule has 7 amide bonds. The molecular formula is C52H82N8O11S. The van der Waals surface area contributed by atoms with Crippen LogP contribution in [0.4, 0.5) is 4.79 Å². The molecule has 0 aromatic heterocycles. The first-order valence-electron chi connectivity index (χ1n) is 25.4. The maximum Gasteiger partial charge on any atom is 0.315 e. The van der Waals surface area contributed by atoms with E-state index in [0.717, 1.165) is 24.2 Å². The van der Waals surface area contributed by atoms with Crippen LogP contribution in [0.15, 0.2) is 36.4 Å². The standard InChI is InChI=1S/C52H82N8O11S/c1-9-69-50(3,4)17-21-55-45(63)31-67-39-26-35(15-16-44(62)54-20-19-52(7,8)71-34-53)25-36(28-39)37-27-38(30-40(29-37)68-32-46(64)56-22-18-51(5,6)70-10-2)48(65)58-24-23-57-43(61)14-12-11-13-42-47-41(33-72-42)59-49(66)60-47/h25-30,41-42,47H,9-24,31-34,53H2,1-8H3,(H,54,62)(H,55,63)(H,56,64)(H,57,61)(H,58,65)(H2,59,60,66)/t41-,42-,47-/m0/s1. The number of hydrogen-bond donors (Lipinski definition) is 8. The van der Waals surface area contributed by atoms with Crippen LogP contribution in [0.2, 0.25) is 0 Å². The van der Waals surface area contributed by atoms with E-state index in [4.69, 9.17) is 29.4 Å². The van der Waals surface area contributed by atoms with Crippen molar-refractivity contribution in [1.29, 1.82) is 0 Å². The molecule has 2 aromatic rings. The number of ether oxygens (including phenoxy) is 5. The number of aryl methyl sites for hydroxylation is 1. The lowest BCUT2D eigenvalue weighted by Crippen LogP contribution is -2.36. The van der Waals surface area contributed by atoms with Crippen LogP contribution in [0, 0.1) is 0 Å². The number of urea groups is 1. The first kappa shape index (κ1) is 59.4. The number of carbonyl (C=O) groups is 6. The van der Waals surface area contributed by atoms with Crippen molar-refractivity contribution < 1.29 is 52.5 Å². The minimum Gasteiger partial charge on any atom is -0.484 e. The summed E-state index contributed by atoms with van der Waals surface area (Å²) in [6, 6.07) is 10.5. The Kier molecular flexibility index (Phi) is 24.4. The molecule has 9 N–H and O–H groups in total. The molecule has 2 aliphatic rings. The topological polar surface area (TPSA) is 259 Å². The van der Waals surface area contributed by atoms with Crippen LogP contribution in [0.5, 0.6) is 11.5 Å². The van der Waals surface area contributed by atoms with Gasteiger partial charge in [0.25, 0.3) is 17.7 Å². The van der Waals surface area contributed by atoms with Gasteiger partial charge in [0.05, 0.1) is 35.6 Å². The summed E-state index contributed by atoms with van der Waals surface area (Å²) in [5, 5.41) is 20.8. The number of carbonyl (C=O) groups excluding carboxylic acids is 6. The SMILES string of the molecule is CCOC(C)(C)CCNC(=O)COc1cc(CCC(=O)NCCC(C)(C)OCN)cc(-c2cc(OCC(=O)NCCC(C)(C)OCC)cc(C(=O)NCCNC(=O)CCCC[C@@H]3SC[C@@H]4NC(=O)N[C@@H]43)c2)c1. The van der Waals surface area contributed by atoms with Gasteiger partial charge in [0.15, 0.2) is 13.2 Å². The predicted molar refractivity (Wildman–Crippen MR) is 279 cm³/mol. The molecule has 2 aromatic carbocycles. The largest absolute Gasteiger partial charge is 0.484 e. The van der Waals surface area contributed by atoms with Crippen molar-refractivity contribution in [3.63, 3.8) is 0 Å². The van der Waals surface area contributed by atoms with Crippen molar-refractivity contribution in [2.45, 2.75) is 147 Å². The first-order chi connectivity index (χ1) is 34.2. The van der Waals surface area contributed by atoms with Gasteiger partial charge in [0, 0.05) is 75.3 Å². The molecule has 0 saturated carbocycles. The van der Waals surface area contributed by atoms with E-state index in [1.165, 1.54) is 0 Å². The summed E-state index contributed by atoms with van der Waals surface area (Å²) in [5.74, 6) is 0.100. The fraction of sp³-hybridized carbons (Fsp3) is 0.654. The van der Waals surface area contributed by atoms with Crippen LogP contribution in [0.3, 0.4) is 0 Å². The zero-order chi connectivity index (χ0) is 52.7. The summed E-state index contributed by atoms with van der Waals surface area (Å²) >= 11 is 1.85. The Bertz CT molecular complexity index is 2050. The Morgan fingerprint density at radius 1 is 0.639 bits per heavy atom. The van der Waals surface area contributed by atoms with Crippen LogP contribution in [0.25, 0.3) is 11.1 Å². The van der Waals surface area contributed by atoms with E-state index in [1.807, 2.05) is 73.2 Å². The lowest BCUT2D eigenvalue weighted by Gasteiger charge is -2.24. The van der Waals surface area contributed by atoms with Gasteiger partial charge in [-0.15, -0.1) is 0 Å². The van der Waals surface area contributed by atoms with Gasteiger partial charge in [-0.3, -0.25) is 24.0 Å². The van der Waals surface area contributed by atoms with Gasteiger partial charge in [0.2, 0.25) is 11.8 Å². The number of amides is 7. The molecule has 402 valence electrons. The number of thioether (sulfide) groups is 1. The maximum atomic E-state index is 13.8. The lowest BCUT2D eigenvalue weighted by atomic mass is 9.98. The first-order valence-corrected chi connectivity index (χ1v) is 26.5. The molecular weight excluding hydrogens is 945 g/mol. The average Bonchev–Trinajstić information content (AvgIpc) is 3.88. The normalized spacial score (nSPS) is 16.5. The lowest BCUT2D eigenvalue weighted by molar-refractivity contribution is -0.124. The fourth-order valence-corrected chi connectivity index (χ4v) is 9.90. The van der Waals surface area contributed by atoms with Crippen LogP contribution >= 0.6 is 11.8 Å². The summed E-state index contributed by atoms with van der Waals surface area (Å²) in [4.78, 5) is 77.2. The van der Waals surface area contributed by atoms with Crippen molar-refractivity contribution in [3.8, 4) is 22.6 Å². The third kappa shape index (κ3) is 21.9. The Morgan fingerprint density at radius 3 is 1.76 bits per heavy atom. The van der Waals surface area contributed by atoms with Crippen molar-refractivity contribution in [2.24, 2.45) is 5.73 Å². The van der Waals surface area contributed by atoms with Crippen molar-refractivity contribution >= 4 is 47.3 Å². The summed E-state index contributed by atoms with van der Waals surface area (Å²) in [6.07, 6.45) is 5.05. The Morgan fingerprint density at radius 2 is 1.17 bits per heavy atom. The van der Waals surface area contributed by atoms with E-state index in [2.05, 4.69) is 37.2 Å². The summed E-state index contributed by atoms with van der Waals surface area (Å²) in [5.41, 5.74) is 6.35. The highest BCUT2D eigenvalue weighted by atomic mass is 32.2. The Hall–Kier alpha value is -5.15. The number of fused-ring (bicyclic) bond motifs is 1. The molecule has 0 radical (unpaired) electrons. The zero-order valence-corrected chi connectivity index (χ0v) is 44.6. The molecule has 2 saturated heterocycles. The van der Waals surface area contributed by atoms with E-state index in [1.54, 1.807) is 30.3 Å². The van der Waals surface area contributed by atoms with Crippen molar-refractivity contribution in [1.82, 2.24) is 37.2 Å². The highest BCUT2D eigenvalue weighted by Crippen LogP contribution is 2.34. The van der Waals surface area contributed by atoms with E-state index in [-0.39, 0.29) is 92.5 Å². The fourth-order valence-electron chi connectivity index (χ4n) is 8.36. The highest BCUT2D eigenvalue weighted by Gasteiger charge is 2.42. The van der Waals surface area contributed by atoms with Crippen LogP contribution in [0.1, 0.15) is 123 Å². The monoisotopic (exact) mass is 1030 g/mol. The summed E-state index contributed by atoms with van der Waals surface area (Å²) in [6.45, 7) is 17.6. The van der Waals surface area contributed by atoms with Crippen LogP contribution in [-0.4, -0.2) is 141 Å². The van der Waals surface area contributed by atoms with E-state index < -0.39 is 22.7 Å². The molecule has 4 rings (SSSR count). The highest BCUT2D eigenvalue weighted by molar-refractivity contribution is 8.00. The Balaban J connectivity index is 1.48. The molecule has 3 atom stereocenters. The molecule has 2 heterocycles. The Labute approximate surface area is 430 Å². The molecule has 19 nitrogen and oxygen atoms in total. The van der Waals surface area contributed by atoms with Gasteiger partial charge in [-0.25, -0.2) is 4.79 Å². The van der Waals surface area contributed by atoms with Gasteiger partial charge in [-0.05, 0) is 141 Å². The van der Waals surface area contributed by atoms with E-state index >= 15 is 0 Å². The number of benzene rings is 2. The summed E-state index contributed by atoms with van der Waals surface area (Å²) < 4.78 is 29.1. The number of unbranched alkanes of at least 4 members (excludes halogenated alkanes) is 1. The second-order valence-corrected chi connectivity index (χ2v) is 21.2. The molecule has 20 heteroatoms. The van der Waals surface area contributed by atoms with Gasteiger partial charge < -0.3 is 66.6 Å². The molecule has 0 bridgehead atoms. The molecule has 72 heavy (non-hydrogen) atoms. The summed E-state index contributed by atoms with van der Waals surface area (Å²) in [7, 11) is 0. The van der Waals surface area contributed by atoms with Crippen molar-refractivity contribution in [3.05, 3.63) is 47.5 Å². The maximum absolute atomic E-state index is 13.8. The molecule has 0 unspecified atom stereocenters. The minimum absolute atomic E-state index is 0.0744. The molecule has 0 aliphatic carbocycles. The number of rotatable bonds is 34. The van der Waals surface area contributed by atoms with Crippen molar-refractivity contribution in [2.75, 3.05) is 71.6 Å². The van der Waals surface area contributed by atoms with E-state index in [0.29, 0.717) is 93.5 Å². The van der Waals surface area contributed by atoms with Gasteiger partial charge in [0.1, 0.15) is 11.5 Å². The molecule has 2 fully saturated rings. The van der Waals surface area contributed by atoms with Gasteiger partial charge in [-0.2, -0.15) is 11.8 Å². The minimum atomic E-state index is -0.501. The predicted octanol–water partition coefficient (Wildman–Crippen LogP) is 4.48. The van der Waals surface area contributed by atoms with E-state index in [9.17, 15) is 28.8 Å². The van der Waals surface area contributed by atoms with Crippen LogP contribution in [-0.2, 0) is 39.8 Å². The molecule has 2 aliphatic heterocycles. The third-order valence-corrected chi connectivity index (χ3v) is 13.9. The van der Waals surface area contributed by atoms with Gasteiger partial charge in [-0.1, -0.05) is 12.5 Å². The van der Waals surface area contributed by atoms with Gasteiger partial charge >= 0.3 is 6.03 Å². The zero-order valence-electron chi connectivity index (χ0n) is 43.8. The molecule has 0 spiro atoms. The van der Waals surface area contributed by atoms with Crippen LogP contribution < -0.4 is 52.4 Å². The quantitative estimate of drug-likeness (QED) is 0.0274. The second kappa shape index (κ2) is 29.5. The smallest absolute Gasteiger partial charge is 0.315 e. The number of nitrogens with one attached hydrogen (secondary N) is 7.